The van der Waals surface area contributed by atoms with Gasteiger partial charge in [0.25, 0.3) is 0 Å². The number of nitrogens with one attached hydrogen (secondary N) is 2. The summed E-state index contributed by atoms with van der Waals surface area (Å²) in [5.41, 5.74) is 0.816. The molecule has 6 nitrogen and oxygen atoms in total. The van der Waals surface area contributed by atoms with Gasteiger partial charge in [-0.25, -0.2) is 4.98 Å². The van der Waals surface area contributed by atoms with Crippen molar-refractivity contribution < 1.29 is 9.47 Å². The third kappa shape index (κ3) is 4.29. The fraction of sp³-hybridized carbons (Fsp3) is 0.583. The SMILES string of the molecule is COc1cc(C)nc(NC(=S)NC[C@@H]2CCCO2)n1. The van der Waals surface area contributed by atoms with Gasteiger partial charge in [0.05, 0.1) is 13.2 Å². The number of thiocarbonyl (C=S) groups is 1. The van der Waals surface area contributed by atoms with E-state index in [1.807, 2.05) is 6.92 Å². The van der Waals surface area contributed by atoms with Crippen LogP contribution in [0.1, 0.15) is 18.5 Å². The van der Waals surface area contributed by atoms with E-state index in [1.54, 1.807) is 13.2 Å². The molecule has 1 aliphatic heterocycles. The molecule has 1 aromatic heterocycles. The molecular weight excluding hydrogens is 264 g/mol. The predicted octanol–water partition coefficient (Wildman–Crippen LogP) is 1.26. The number of aryl methyl sites for hydroxylation is 1. The Labute approximate surface area is 117 Å². The Morgan fingerprint density at radius 1 is 1.58 bits per heavy atom. The molecule has 0 radical (unpaired) electrons. The number of nitrogens with zero attached hydrogens (tertiary/aromatic N) is 2. The fourth-order valence-electron chi connectivity index (χ4n) is 1.86. The molecule has 0 aromatic carbocycles. The van der Waals surface area contributed by atoms with E-state index < -0.39 is 0 Å². The molecule has 1 saturated heterocycles. The molecule has 2 N–H and O–H groups in total. The lowest BCUT2D eigenvalue weighted by atomic mass is 10.2. The Balaban J connectivity index is 1.85. The van der Waals surface area contributed by atoms with E-state index in [0.29, 0.717) is 23.5 Å². The Kier molecular flexibility index (Phi) is 4.86. The van der Waals surface area contributed by atoms with Crippen LogP contribution in [0.5, 0.6) is 5.88 Å². The van der Waals surface area contributed by atoms with Gasteiger partial charge in [0.2, 0.25) is 11.8 Å². The Morgan fingerprint density at radius 3 is 3.11 bits per heavy atom. The summed E-state index contributed by atoms with van der Waals surface area (Å²) in [4.78, 5) is 8.41. The molecule has 0 amide bonds. The molecule has 1 atom stereocenters. The van der Waals surface area contributed by atoms with Gasteiger partial charge < -0.3 is 20.1 Å². The van der Waals surface area contributed by atoms with E-state index in [1.165, 1.54) is 0 Å². The first-order valence-corrected chi connectivity index (χ1v) is 6.64. The molecule has 104 valence electrons. The molecule has 0 aliphatic carbocycles. The maximum Gasteiger partial charge on any atom is 0.232 e. The van der Waals surface area contributed by atoms with Gasteiger partial charge >= 0.3 is 0 Å². The number of anilines is 1. The third-order valence-corrected chi connectivity index (χ3v) is 3.03. The van der Waals surface area contributed by atoms with Crippen LogP contribution < -0.4 is 15.4 Å². The van der Waals surface area contributed by atoms with Crippen LogP contribution in [0.4, 0.5) is 5.95 Å². The van der Waals surface area contributed by atoms with Crippen LogP contribution in [0.15, 0.2) is 6.07 Å². The quantitative estimate of drug-likeness (QED) is 0.806. The fourth-order valence-corrected chi connectivity index (χ4v) is 2.03. The van der Waals surface area contributed by atoms with Crippen LogP contribution in [0.25, 0.3) is 0 Å². The molecular formula is C12H18N4O2S. The van der Waals surface area contributed by atoms with Crippen LogP contribution in [-0.2, 0) is 4.74 Å². The van der Waals surface area contributed by atoms with E-state index >= 15 is 0 Å². The summed E-state index contributed by atoms with van der Waals surface area (Å²) in [7, 11) is 1.57. The lowest BCUT2D eigenvalue weighted by Crippen LogP contribution is -2.35. The number of hydrogen-bond donors (Lipinski definition) is 2. The van der Waals surface area contributed by atoms with Crippen molar-refractivity contribution in [1.29, 1.82) is 0 Å². The van der Waals surface area contributed by atoms with Crippen molar-refractivity contribution in [2.45, 2.75) is 25.9 Å². The maximum absolute atomic E-state index is 5.51. The van der Waals surface area contributed by atoms with E-state index in [-0.39, 0.29) is 6.10 Å². The monoisotopic (exact) mass is 282 g/mol. The summed E-state index contributed by atoms with van der Waals surface area (Å²) in [5, 5.41) is 6.54. The van der Waals surface area contributed by atoms with Crippen LogP contribution in [-0.4, -0.2) is 41.4 Å². The van der Waals surface area contributed by atoms with Crippen LogP contribution >= 0.6 is 12.2 Å². The summed E-state index contributed by atoms with van der Waals surface area (Å²) in [6.07, 6.45) is 2.43. The normalized spacial score (nSPS) is 18.1. The minimum Gasteiger partial charge on any atom is -0.481 e. The van der Waals surface area contributed by atoms with Crippen LogP contribution in [0.2, 0.25) is 0 Å². The minimum absolute atomic E-state index is 0.243. The number of ether oxygens (including phenoxy) is 2. The Bertz CT molecular complexity index is 449. The van der Waals surface area contributed by atoms with Gasteiger partial charge in [-0.15, -0.1) is 0 Å². The summed E-state index contributed by atoms with van der Waals surface area (Å²) in [6, 6.07) is 1.76. The Morgan fingerprint density at radius 2 is 2.42 bits per heavy atom. The largest absolute Gasteiger partial charge is 0.481 e. The second-order valence-electron chi connectivity index (χ2n) is 4.35. The molecule has 2 rings (SSSR count). The maximum atomic E-state index is 5.51. The van der Waals surface area contributed by atoms with Crippen molar-refractivity contribution >= 4 is 23.3 Å². The van der Waals surface area contributed by atoms with E-state index in [9.17, 15) is 0 Å². The van der Waals surface area contributed by atoms with Gasteiger partial charge in [0.1, 0.15) is 0 Å². The van der Waals surface area contributed by atoms with Gasteiger partial charge in [0.15, 0.2) is 5.11 Å². The zero-order chi connectivity index (χ0) is 13.7. The summed E-state index contributed by atoms with van der Waals surface area (Å²) in [6.45, 7) is 3.41. The van der Waals surface area contributed by atoms with Crippen molar-refractivity contribution in [2.75, 3.05) is 25.6 Å². The smallest absolute Gasteiger partial charge is 0.232 e. The first-order valence-electron chi connectivity index (χ1n) is 6.23. The molecule has 1 aliphatic rings. The third-order valence-electron chi connectivity index (χ3n) is 2.78. The van der Waals surface area contributed by atoms with E-state index in [0.717, 1.165) is 25.1 Å². The van der Waals surface area contributed by atoms with Gasteiger partial charge in [-0.3, -0.25) is 0 Å². The van der Waals surface area contributed by atoms with Gasteiger partial charge in [-0.1, -0.05) is 0 Å². The lowest BCUT2D eigenvalue weighted by Gasteiger charge is -2.13. The Hall–Kier alpha value is -1.47. The molecule has 0 unspecified atom stereocenters. The standard InChI is InChI=1S/C12H18N4O2S/c1-8-6-10(17-2)15-11(14-8)16-12(19)13-7-9-4-3-5-18-9/h6,9H,3-5,7H2,1-2H3,(H2,13,14,15,16,19)/t9-/m0/s1. The molecule has 0 spiro atoms. The number of hydrogen-bond acceptors (Lipinski definition) is 5. The molecule has 1 fully saturated rings. The predicted molar refractivity (Wildman–Crippen MR) is 76.5 cm³/mol. The van der Waals surface area contributed by atoms with Crippen molar-refractivity contribution in [2.24, 2.45) is 0 Å². The van der Waals surface area contributed by atoms with Crippen molar-refractivity contribution in [3.05, 3.63) is 11.8 Å². The highest BCUT2D eigenvalue weighted by molar-refractivity contribution is 7.80. The number of methoxy groups -OCH3 is 1. The molecule has 2 heterocycles. The topological polar surface area (TPSA) is 68.3 Å². The highest BCUT2D eigenvalue weighted by Crippen LogP contribution is 2.12. The summed E-state index contributed by atoms with van der Waals surface area (Å²) in [5.74, 6) is 0.943. The van der Waals surface area contributed by atoms with Crippen molar-refractivity contribution in [3.8, 4) is 5.88 Å². The molecule has 0 saturated carbocycles. The highest BCUT2D eigenvalue weighted by Gasteiger charge is 2.15. The molecule has 1 aromatic rings. The lowest BCUT2D eigenvalue weighted by molar-refractivity contribution is 0.114. The minimum atomic E-state index is 0.243. The van der Waals surface area contributed by atoms with Gasteiger partial charge in [-0.05, 0) is 32.0 Å². The molecule has 19 heavy (non-hydrogen) atoms. The number of aromatic nitrogens is 2. The first kappa shape index (κ1) is 14.0. The van der Waals surface area contributed by atoms with Crippen molar-refractivity contribution in [1.82, 2.24) is 15.3 Å². The van der Waals surface area contributed by atoms with Crippen LogP contribution in [0.3, 0.4) is 0 Å². The van der Waals surface area contributed by atoms with Crippen molar-refractivity contribution in [3.63, 3.8) is 0 Å². The van der Waals surface area contributed by atoms with Gasteiger partial charge in [-0.2, -0.15) is 4.98 Å². The summed E-state index contributed by atoms with van der Waals surface area (Å²) >= 11 is 5.19. The molecule has 7 heteroatoms. The number of rotatable bonds is 4. The van der Waals surface area contributed by atoms with E-state index in [4.69, 9.17) is 21.7 Å². The van der Waals surface area contributed by atoms with Gasteiger partial charge in [0, 0.05) is 24.9 Å². The zero-order valence-electron chi connectivity index (χ0n) is 11.1. The second kappa shape index (κ2) is 6.63. The average Bonchev–Trinajstić information content (AvgIpc) is 2.88. The zero-order valence-corrected chi connectivity index (χ0v) is 11.9. The van der Waals surface area contributed by atoms with E-state index in [2.05, 4.69) is 20.6 Å². The first-order chi connectivity index (χ1) is 9.17. The van der Waals surface area contributed by atoms with Crippen LogP contribution in [0, 0.1) is 6.92 Å². The highest BCUT2D eigenvalue weighted by atomic mass is 32.1. The molecule has 0 bridgehead atoms. The average molecular weight is 282 g/mol. The summed E-state index contributed by atoms with van der Waals surface area (Å²) < 4.78 is 10.6. The second-order valence-corrected chi connectivity index (χ2v) is 4.75.